The summed E-state index contributed by atoms with van der Waals surface area (Å²) in [5, 5.41) is 17.2. The lowest BCUT2D eigenvalue weighted by atomic mass is 10.0. The van der Waals surface area contributed by atoms with Crippen LogP contribution in [-0.2, 0) is 16.0 Å². The molecule has 10 heteroatoms. The van der Waals surface area contributed by atoms with E-state index in [1.165, 1.54) is 0 Å². The van der Waals surface area contributed by atoms with Crippen LogP contribution in [0.3, 0.4) is 0 Å². The standard InChI is InChI=1S/C24H23BrN4O3S2/c1-30-21-11-20-19(9-15(21)13-28-24(33)34-8-5-22-31-6-7-32-22)23(16(12-26)14-27-20)29-18-4-2-3-17(25)10-18/h2-4,9-11,14,22H,5-8,13H2,1H3,(H,27,29)(H,28,33). The highest BCUT2D eigenvalue weighted by atomic mass is 79.9. The van der Waals surface area contributed by atoms with Gasteiger partial charge in [-0.3, -0.25) is 4.98 Å². The first-order chi connectivity index (χ1) is 16.6. The third-order valence-corrected chi connectivity index (χ3v) is 7.02. The third kappa shape index (κ3) is 6.17. The minimum Gasteiger partial charge on any atom is -0.496 e. The largest absolute Gasteiger partial charge is 0.496 e. The van der Waals surface area contributed by atoms with E-state index < -0.39 is 0 Å². The Kier molecular flexibility index (Phi) is 8.59. The van der Waals surface area contributed by atoms with Crippen LogP contribution in [-0.4, -0.2) is 41.7 Å². The number of nitrogens with zero attached hydrogens (tertiary/aromatic N) is 2. The molecule has 0 bridgehead atoms. The van der Waals surface area contributed by atoms with Crippen LogP contribution in [0.4, 0.5) is 11.4 Å². The van der Waals surface area contributed by atoms with Gasteiger partial charge in [-0.2, -0.15) is 5.26 Å². The molecule has 2 aromatic carbocycles. The summed E-state index contributed by atoms with van der Waals surface area (Å²) in [5.74, 6) is 1.51. The van der Waals surface area contributed by atoms with Crippen molar-refractivity contribution in [2.75, 3.05) is 31.4 Å². The van der Waals surface area contributed by atoms with Crippen LogP contribution in [0.1, 0.15) is 17.5 Å². The molecule has 176 valence electrons. The summed E-state index contributed by atoms with van der Waals surface area (Å²) in [6.07, 6.45) is 2.23. The Labute approximate surface area is 216 Å². The van der Waals surface area contributed by atoms with E-state index in [0.29, 0.717) is 41.1 Å². The number of ether oxygens (including phenoxy) is 3. The van der Waals surface area contributed by atoms with Crippen molar-refractivity contribution < 1.29 is 14.2 Å². The molecular weight excluding hydrogens is 536 g/mol. The van der Waals surface area contributed by atoms with E-state index >= 15 is 0 Å². The van der Waals surface area contributed by atoms with Crippen molar-refractivity contribution >= 4 is 66.5 Å². The lowest BCUT2D eigenvalue weighted by Gasteiger charge is -2.16. The number of benzene rings is 2. The molecule has 2 N–H and O–H groups in total. The number of hydrogen-bond acceptors (Lipinski definition) is 8. The molecule has 2 heterocycles. The summed E-state index contributed by atoms with van der Waals surface area (Å²) in [5.41, 5.74) is 3.66. The lowest BCUT2D eigenvalue weighted by molar-refractivity contribution is -0.0421. The minimum absolute atomic E-state index is 0.131. The van der Waals surface area contributed by atoms with E-state index in [-0.39, 0.29) is 6.29 Å². The highest BCUT2D eigenvalue weighted by Gasteiger charge is 2.16. The molecule has 4 rings (SSSR count). The van der Waals surface area contributed by atoms with E-state index in [9.17, 15) is 5.26 Å². The van der Waals surface area contributed by atoms with Gasteiger partial charge in [0.05, 0.1) is 37.1 Å². The van der Waals surface area contributed by atoms with Crippen LogP contribution in [0.25, 0.3) is 10.9 Å². The Bertz CT molecular complexity index is 1230. The number of thioether (sulfide) groups is 1. The fourth-order valence-corrected chi connectivity index (χ4v) is 4.95. The predicted molar refractivity (Wildman–Crippen MR) is 143 cm³/mol. The molecule has 0 aliphatic carbocycles. The van der Waals surface area contributed by atoms with E-state index in [0.717, 1.165) is 38.8 Å². The first kappa shape index (κ1) is 24.7. The van der Waals surface area contributed by atoms with Gasteiger partial charge in [0.15, 0.2) is 6.29 Å². The maximum atomic E-state index is 9.70. The van der Waals surface area contributed by atoms with Gasteiger partial charge in [-0.05, 0) is 24.3 Å². The number of halogens is 1. The van der Waals surface area contributed by atoms with Crippen LogP contribution in [0.2, 0.25) is 0 Å². The predicted octanol–water partition coefficient (Wildman–Crippen LogP) is 5.49. The molecule has 3 aromatic rings. The number of aromatic nitrogens is 1. The van der Waals surface area contributed by atoms with Crippen LogP contribution in [0, 0.1) is 11.3 Å². The Morgan fingerprint density at radius 3 is 2.88 bits per heavy atom. The second kappa shape index (κ2) is 11.8. The Morgan fingerprint density at radius 2 is 2.15 bits per heavy atom. The molecule has 0 amide bonds. The number of anilines is 2. The van der Waals surface area contributed by atoms with Crippen molar-refractivity contribution in [1.82, 2.24) is 10.3 Å². The zero-order valence-corrected chi connectivity index (χ0v) is 21.7. The van der Waals surface area contributed by atoms with Crippen LogP contribution in [0.5, 0.6) is 5.75 Å². The molecule has 0 unspecified atom stereocenters. The molecule has 7 nitrogen and oxygen atoms in total. The number of methoxy groups -OCH3 is 1. The number of nitrogens with one attached hydrogen (secondary N) is 2. The number of pyridine rings is 1. The summed E-state index contributed by atoms with van der Waals surface area (Å²) in [7, 11) is 1.63. The molecule has 1 fully saturated rings. The third-order valence-electron chi connectivity index (χ3n) is 5.19. The quantitative estimate of drug-likeness (QED) is 0.348. The Morgan fingerprint density at radius 1 is 1.32 bits per heavy atom. The van der Waals surface area contributed by atoms with Crippen LogP contribution in [0.15, 0.2) is 47.1 Å². The molecule has 0 radical (unpaired) electrons. The van der Waals surface area contributed by atoms with Crippen molar-refractivity contribution in [2.45, 2.75) is 19.3 Å². The second-order valence-electron chi connectivity index (χ2n) is 7.42. The zero-order chi connectivity index (χ0) is 23.9. The Hall–Kier alpha value is -2.42. The molecule has 1 saturated heterocycles. The molecule has 0 saturated carbocycles. The topological polar surface area (TPSA) is 88.4 Å². The molecule has 34 heavy (non-hydrogen) atoms. The van der Waals surface area contributed by atoms with E-state index in [4.69, 9.17) is 26.4 Å². The maximum absolute atomic E-state index is 9.70. The highest BCUT2D eigenvalue weighted by molar-refractivity contribution is 9.10. The second-order valence-corrected chi connectivity index (χ2v) is 10.1. The average Bonchev–Trinajstić information content (AvgIpc) is 3.36. The maximum Gasteiger partial charge on any atom is 0.158 e. The summed E-state index contributed by atoms with van der Waals surface area (Å²) in [4.78, 5) is 4.47. The molecule has 0 spiro atoms. The van der Waals surface area contributed by atoms with Crippen LogP contribution < -0.4 is 15.4 Å². The van der Waals surface area contributed by atoms with Gasteiger partial charge in [-0.1, -0.05) is 46.0 Å². The van der Waals surface area contributed by atoms with Crippen molar-refractivity contribution in [3.05, 3.63) is 58.2 Å². The van der Waals surface area contributed by atoms with Crippen molar-refractivity contribution in [3.8, 4) is 11.8 Å². The lowest BCUT2D eigenvalue weighted by Crippen LogP contribution is -2.19. The number of fused-ring (bicyclic) bond motifs is 1. The normalized spacial score (nSPS) is 13.6. The molecule has 1 aliphatic rings. The van der Waals surface area contributed by atoms with E-state index in [1.807, 2.05) is 36.4 Å². The Balaban J connectivity index is 1.54. The molecule has 1 aliphatic heterocycles. The van der Waals surface area contributed by atoms with Crippen molar-refractivity contribution in [1.29, 1.82) is 5.26 Å². The summed E-state index contributed by atoms with van der Waals surface area (Å²) >= 11 is 10.5. The van der Waals surface area contributed by atoms with E-state index in [1.54, 1.807) is 25.1 Å². The fourth-order valence-electron chi connectivity index (χ4n) is 3.56. The fraction of sp³-hybridized carbons (Fsp3) is 0.292. The van der Waals surface area contributed by atoms with Gasteiger partial charge in [0.1, 0.15) is 16.1 Å². The van der Waals surface area contributed by atoms with Gasteiger partial charge >= 0.3 is 0 Å². The van der Waals surface area contributed by atoms with Gasteiger partial charge in [0.2, 0.25) is 0 Å². The molecule has 0 atom stereocenters. The summed E-state index contributed by atoms with van der Waals surface area (Å²) < 4.78 is 18.2. The minimum atomic E-state index is -0.131. The number of thiocarbonyl (C=S) groups is 1. The first-order valence-corrected chi connectivity index (χ1v) is 12.8. The van der Waals surface area contributed by atoms with Gasteiger partial charge in [-0.25, -0.2) is 0 Å². The highest BCUT2D eigenvalue weighted by Crippen LogP contribution is 2.34. The average molecular weight is 560 g/mol. The van der Waals surface area contributed by atoms with Crippen LogP contribution >= 0.6 is 39.9 Å². The van der Waals surface area contributed by atoms with Crippen molar-refractivity contribution in [2.24, 2.45) is 0 Å². The van der Waals surface area contributed by atoms with Gasteiger partial charge in [0.25, 0.3) is 0 Å². The van der Waals surface area contributed by atoms with Gasteiger partial charge in [-0.15, -0.1) is 0 Å². The molecule has 1 aromatic heterocycles. The summed E-state index contributed by atoms with van der Waals surface area (Å²) in [6, 6.07) is 13.9. The molecular formula is C24H23BrN4O3S2. The van der Waals surface area contributed by atoms with Gasteiger partial charge < -0.3 is 24.8 Å². The monoisotopic (exact) mass is 558 g/mol. The zero-order valence-electron chi connectivity index (χ0n) is 18.5. The summed E-state index contributed by atoms with van der Waals surface area (Å²) in [6.45, 7) is 1.79. The van der Waals surface area contributed by atoms with Gasteiger partial charge in [0, 0.05) is 52.1 Å². The number of nitriles is 1. The number of rotatable bonds is 8. The van der Waals surface area contributed by atoms with Crippen molar-refractivity contribution in [3.63, 3.8) is 0 Å². The number of hydrogen-bond donors (Lipinski definition) is 2. The smallest absolute Gasteiger partial charge is 0.158 e. The van der Waals surface area contributed by atoms with E-state index in [2.05, 4.69) is 37.6 Å². The SMILES string of the molecule is COc1cc2ncc(C#N)c(Nc3cccc(Br)c3)c2cc1CNC(=S)SCCC1OCCO1. The first-order valence-electron chi connectivity index (χ1n) is 10.6.